The summed E-state index contributed by atoms with van der Waals surface area (Å²) in [5.74, 6) is -0.971. The lowest BCUT2D eigenvalue weighted by Crippen LogP contribution is -2.41. The third-order valence-corrected chi connectivity index (χ3v) is 6.15. The average molecular weight is 461 g/mol. The summed E-state index contributed by atoms with van der Waals surface area (Å²) in [5.41, 5.74) is 2.53. The SMILES string of the molecule is CCn1c(C)c(C(=O)CN(CC2CCCO2)C(=O)c2ccc(Cl)cc2)c(C)c1C(=O)OC. The Morgan fingerprint density at radius 2 is 1.91 bits per heavy atom. The quantitative estimate of drug-likeness (QED) is 0.438. The molecule has 1 aromatic heterocycles. The highest BCUT2D eigenvalue weighted by Crippen LogP contribution is 2.25. The molecule has 7 nitrogen and oxygen atoms in total. The number of hydrogen-bond acceptors (Lipinski definition) is 5. The highest BCUT2D eigenvalue weighted by Gasteiger charge is 2.30. The van der Waals surface area contributed by atoms with Gasteiger partial charge in [0.05, 0.1) is 19.8 Å². The van der Waals surface area contributed by atoms with E-state index >= 15 is 0 Å². The van der Waals surface area contributed by atoms with E-state index in [1.54, 1.807) is 35.8 Å². The van der Waals surface area contributed by atoms with E-state index in [1.807, 2.05) is 13.8 Å². The Kier molecular flexibility index (Phi) is 7.74. The molecule has 0 bridgehead atoms. The maximum absolute atomic E-state index is 13.4. The van der Waals surface area contributed by atoms with Crippen LogP contribution < -0.4 is 0 Å². The van der Waals surface area contributed by atoms with Gasteiger partial charge >= 0.3 is 5.97 Å². The summed E-state index contributed by atoms with van der Waals surface area (Å²) in [5, 5.41) is 0.533. The summed E-state index contributed by atoms with van der Waals surface area (Å²) in [7, 11) is 1.32. The van der Waals surface area contributed by atoms with Crippen LogP contribution in [0.1, 0.15) is 62.2 Å². The molecular weight excluding hydrogens is 432 g/mol. The number of ketones is 1. The molecule has 0 radical (unpaired) electrons. The third-order valence-electron chi connectivity index (χ3n) is 5.90. The fourth-order valence-electron chi connectivity index (χ4n) is 4.34. The third kappa shape index (κ3) is 4.89. The second kappa shape index (κ2) is 10.3. The molecule has 0 spiro atoms. The summed E-state index contributed by atoms with van der Waals surface area (Å²) >= 11 is 5.96. The number of carbonyl (C=O) groups excluding carboxylic acids is 3. The van der Waals surface area contributed by atoms with Crippen molar-refractivity contribution in [2.24, 2.45) is 0 Å². The Bertz CT molecular complexity index is 1010. The van der Waals surface area contributed by atoms with Crippen molar-refractivity contribution in [1.82, 2.24) is 9.47 Å². The number of ether oxygens (including phenoxy) is 2. The number of amides is 1. The minimum absolute atomic E-state index is 0.105. The van der Waals surface area contributed by atoms with Crippen LogP contribution in [0.25, 0.3) is 0 Å². The van der Waals surface area contributed by atoms with E-state index in [9.17, 15) is 14.4 Å². The van der Waals surface area contributed by atoms with E-state index in [1.165, 1.54) is 12.0 Å². The molecule has 0 N–H and O–H groups in total. The number of benzene rings is 1. The molecule has 1 aromatic carbocycles. The average Bonchev–Trinajstić information content (AvgIpc) is 3.37. The molecule has 1 aliphatic rings. The molecule has 1 unspecified atom stereocenters. The number of esters is 1. The molecule has 1 fully saturated rings. The van der Waals surface area contributed by atoms with Gasteiger partial charge in [-0.25, -0.2) is 4.79 Å². The monoisotopic (exact) mass is 460 g/mol. The molecule has 1 amide bonds. The number of aromatic nitrogens is 1. The van der Waals surface area contributed by atoms with Gasteiger partial charge in [-0.05, 0) is 63.4 Å². The molecule has 1 atom stereocenters. The number of rotatable bonds is 8. The van der Waals surface area contributed by atoms with Crippen molar-refractivity contribution in [3.63, 3.8) is 0 Å². The Morgan fingerprint density at radius 3 is 2.47 bits per heavy atom. The molecule has 2 heterocycles. The van der Waals surface area contributed by atoms with Crippen molar-refractivity contribution >= 4 is 29.3 Å². The molecular formula is C24H29ClN2O5. The molecule has 1 aliphatic heterocycles. The van der Waals surface area contributed by atoms with E-state index in [0.29, 0.717) is 52.8 Å². The van der Waals surface area contributed by atoms with Crippen LogP contribution in [0.15, 0.2) is 24.3 Å². The zero-order valence-electron chi connectivity index (χ0n) is 18.9. The molecule has 0 aliphatic carbocycles. The zero-order chi connectivity index (χ0) is 23.4. The first-order valence-corrected chi connectivity index (χ1v) is 11.1. The van der Waals surface area contributed by atoms with Crippen molar-refractivity contribution < 1.29 is 23.9 Å². The number of Topliss-reactive ketones (excluding diaryl/α,β-unsaturated/α-hetero) is 1. The number of methoxy groups -OCH3 is 1. The van der Waals surface area contributed by atoms with Crippen molar-refractivity contribution in [1.29, 1.82) is 0 Å². The standard InChI is InChI=1S/C24H29ClN2O5/c1-5-27-16(3)21(15(2)22(27)24(30)31-4)20(28)14-26(13-19-7-6-12-32-19)23(29)17-8-10-18(25)11-9-17/h8-11,19H,5-7,12-14H2,1-4H3. The van der Waals surface area contributed by atoms with Crippen LogP contribution in [0, 0.1) is 13.8 Å². The first kappa shape index (κ1) is 24.0. The molecule has 172 valence electrons. The number of halogens is 1. The van der Waals surface area contributed by atoms with Gasteiger partial charge in [0, 0.05) is 41.5 Å². The maximum Gasteiger partial charge on any atom is 0.354 e. The first-order chi connectivity index (χ1) is 15.3. The van der Waals surface area contributed by atoms with Crippen molar-refractivity contribution in [2.75, 3.05) is 26.8 Å². The van der Waals surface area contributed by atoms with Gasteiger partial charge in [0.1, 0.15) is 5.69 Å². The van der Waals surface area contributed by atoms with Gasteiger partial charge in [-0.15, -0.1) is 0 Å². The van der Waals surface area contributed by atoms with Crippen LogP contribution >= 0.6 is 11.6 Å². The van der Waals surface area contributed by atoms with Crippen LogP contribution in [-0.4, -0.2) is 60.0 Å². The second-order valence-electron chi connectivity index (χ2n) is 7.92. The van der Waals surface area contributed by atoms with E-state index in [4.69, 9.17) is 21.1 Å². The largest absolute Gasteiger partial charge is 0.464 e. The minimum atomic E-state index is -0.486. The Hall–Kier alpha value is -2.64. The first-order valence-electron chi connectivity index (χ1n) is 10.8. The molecule has 0 saturated carbocycles. The predicted molar refractivity (Wildman–Crippen MR) is 122 cm³/mol. The molecule has 1 saturated heterocycles. The van der Waals surface area contributed by atoms with Gasteiger partial charge < -0.3 is 18.9 Å². The van der Waals surface area contributed by atoms with Crippen LogP contribution in [0.4, 0.5) is 0 Å². The topological polar surface area (TPSA) is 77.8 Å². The van der Waals surface area contributed by atoms with Gasteiger partial charge in [0.2, 0.25) is 0 Å². The summed E-state index contributed by atoms with van der Waals surface area (Å²) in [6.07, 6.45) is 1.67. The summed E-state index contributed by atoms with van der Waals surface area (Å²) in [6.45, 7) is 6.84. The zero-order valence-corrected chi connectivity index (χ0v) is 19.7. The van der Waals surface area contributed by atoms with Crippen molar-refractivity contribution in [3.05, 3.63) is 57.4 Å². The van der Waals surface area contributed by atoms with Gasteiger partial charge in [0.25, 0.3) is 5.91 Å². The summed E-state index contributed by atoms with van der Waals surface area (Å²) in [4.78, 5) is 40.5. The van der Waals surface area contributed by atoms with E-state index < -0.39 is 5.97 Å². The van der Waals surface area contributed by atoms with E-state index in [0.717, 1.165) is 12.8 Å². The Balaban J connectivity index is 1.92. The highest BCUT2D eigenvalue weighted by atomic mass is 35.5. The van der Waals surface area contributed by atoms with Crippen molar-refractivity contribution in [2.45, 2.75) is 46.3 Å². The van der Waals surface area contributed by atoms with Gasteiger partial charge in [-0.3, -0.25) is 9.59 Å². The maximum atomic E-state index is 13.4. The Labute approximate surface area is 193 Å². The van der Waals surface area contributed by atoms with Crippen LogP contribution in [0.5, 0.6) is 0 Å². The van der Waals surface area contributed by atoms with Crippen LogP contribution in [-0.2, 0) is 16.0 Å². The lowest BCUT2D eigenvalue weighted by molar-refractivity contribution is 0.0506. The number of hydrogen-bond donors (Lipinski definition) is 0. The number of nitrogens with zero attached hydrogens (tertiary/aromatic N) is 2. The molecule has 8 heteroatoms. The van der Waals surface area contributed by atoms with Crippen LogP contribution in [0.3, 0.4) is 0 Å². The Morgan fingerprint density at radius 1 is 1.22 bits per heavy atom. The summed E-state index contributed by atoms with van der Waals surface area (Å²) < 4.78 is 12.4. The minimum Gasteiger partial charge on any atom is -0.464 e. The molecule has 2 aromatic rings. The highest BCUT2D eigenvalue weighted by molar-refractivity contribution is 6.30. The lowest BCUT2D eigenvalue weighted by atomic mass is 10.0. The van der Waals surface area contributed by atoms with Crippen molar-refractivity contribution in [3.8, 4) is 0 Å². The number of carbonyl (C=O) groups is 3. The lowest BCUT2D eigenvalue weighted by Gasteiger charge is -2.25. The smallest absolute Gasteiger partial charge is 0.354 e. The fraction of sp³-hybridized carbons (Fsp3) is 0.458. The summed E-state index contributed by atoms with van der Waals surface area (Å²) in [6, 6.07) is 6.60. The van der Waals surface area contributed by atoms with E-state index in [-0.39, 0.29) is 24.3 Å². The molecule has 3 rings (SSSR count). The predicted octanol–water partition coefficient (Wildman–Crippen LogP) is 4.07. The van der Waals surface area contributed by atoms with Gasteiger partial charge in [-0.2, -0.15) is 0 Å². The molecule has 32 heavy (non-hydrogen) atoms. The normalized spacial score (nSPS) is 15.6. The van der Waals surface area contributed by atoms with Gasteiger partial charge in [0.15, 0.2) is 5.78 Å². The van der Waals surface area contributed by atoms with E-state index in [2.05, 4.69) is 0 Å². The fourth-order valence-corrected chi connectivity index (χ4v) is 4.47. The van der Waals surface area contributed by atoms with Gasteiger partial charge in [-0.1, -0.05) is 11.6 Å². The van der Waals surface area contributed by atoms with Crippen LogP contribution in [0.2, 0.25) is 5.02 Å². The second-order valence-corrected chi connectivity index (χ2v) is 8.36.